The summed E-state index contributed by atoms with van der Waals surface area (Å²) in [4.78, 5) is 8.74. The summed E-state index contributed by atoms with van der Waals surface area (Å²) in [7, 11) is 0. The van der Waals surface area contributed by atoms with Crippen molar-refractivity contribution in [2.24, 2.45) is 5.92 Å². The predicted octanol–water partition coefficient (Wildman–Crippen LogP) is 2.35. The van der Waals surface area contributed by atoms with Crippen molar-refractivity contribution in [1.82, 2.24) is 9.97 Å². The van der Waals surface area contributed by atoms with E-state index in [-0.39, 0.29) is 12.5 Å². The first-order chi connectivity index (χ1) is 7.79. The fourth-order valence-corrected chi connectivity index (χ4v) is 2.12. The largest absolute Gasteiger partial charge is 0.396 e. The van der Waals surface area contributed by atoms with Gasteiger partial charge < -0.3 is 5.11 Å². The van der Waals surface area contributed by atoms with Crippen molar-refractivity contribution in [1.29, 1.82) is 0 Å². The Morgan fingerprint density at radius 3 is 3.00 bits per heavy atom. The van der Waals surface area contributed by atoms with E-state index in [0.29, 0.717) is 0 Å². The molecule has 4 heteroatoms. The van der Waals surface area contributed by atoms with E-state index in [4.69, 9.17) is 5.11 Å². The second-order valence-electron chi connectivity index (χ2n) is 3.81. The fourth-order valence-electron chi connectivity index (χ4n) is 1.29. The third kappa shape index (κ3) is 2.71. The molecule has 3 nitrogen and oxygen atoms in total. The lowest BCUT2D eigenvalue weighted by molar-refractivity contribution is 0.250. The van der Waals surface area contributed by atoms with Gasteiger partial charge in [-0.05, 0) is 12.0 Å². The Labute approximate surface area is 98.9 Å². The highest BCUT2D eigenvalue weighted by Crippen LogP contribution is 2.19. The first kappa shape index (κ1) is 11.4. The summed E-state index contributed by atoms with van der Waals surface area (Å²) in [6, 6.07) is 7.93. The Balaban J connectivity index is 2.13. The average molecular weight is 234 g/mol. The predicted molar refractivity (Wildman–Crippen MR) is 66.5 cm³/mol. The summed E-state index contributed by atoms with van der Waals surface area (Å²) in [6.07, 6.45) is 1.84. The second kappa shape index (κ2) is 5.27. The topological polar surface area (TPSA) is 46.0 Å². The molecule has 1 N–H and O–H groups in total. The number of aliphatic hydroxyl groups is 1. The van der Waals surface area contributed by atoms with Gasteiger partial charge in [-0.1, -0.05) is 36.9 Å². The van der Waals surface area contributed by atoms with Crippen LogP contribution in [0.2, 0.25) is 0 Å². The first-order valence-electron chi connectivity index (χ1n) is 5.25. The molecule has 0 radical (unpaired) electrons. The highest BCUT2D eigenvalue weighted by atomic mass is 32.2. The Bertz CT molecular complexity index is 475. The number of thioether (sulfide) groups is 1. The van der Waals surface area contributed by atoms with Gasteiger partial charge in [0.2, 0.25) is 0 Å². The van der Waals surface area contributed by atoms with E-state index < -0.39 is 0 Å². The molecule has 2 rings (SSSR count). The van der Waals surface area contributed by atoms with Gasteiger partial charge in [0.1, 0.15) is 0 Å². The zero-order valence-corrected chi connectivity index (χ0v) is 9.94. The number of benzene rings is 1. The number of hydrogen-bond donors (Lipinski definition) is 1. The molecular formula is C12H14N2OS. The normalized spacial score (nSPS) is 12.9. The summed E-state index contributed by atoms with van der Waals surface area (Å²) in [5.41, 5.74) is 0.969. The summed E-state index contributed by atoms with van der Waals surface area (Å²) in [5.74, 6) is 1.12. The SMILES string of the molecule is CC(CO)CSc1ncc2ccccc2n1. The molecule has 0 fully saturated rings. The summed E-state index contributed by atoms with van der Waals surface area (Å²) >= 11 is 1.59. The molecule has 0 saturated carbocycles. The minimum Gasteiger partial charge on any atom is -0.396 e. The molecule has 0 bridgehead atoms. The minimum atomic E-state index is 0.209. The van der Waals surface area contributed by atoms with Gasteiger partial charge in [-0.2, -0.15) is 0 Å². The van der Waals surface area contributed by atoms with Crippen molar-refractivity contribution >= 4 is 22.7 Å². The lowest BCUT2D eigenvalue weighted by atomic mass is 10.2. The standard InChI is InChI=1S/C12H14N2OS/c1-9(7-15)8-16-12-13-6-10-4-2-3-5-11(10)14-12/h2-6,9,15H,7-8H2,1H3. The highest BCUT2D eigenvalue weighted by Gasteiger charge is 2.04. The first-order valence-corrected chi connectivity index (χ1v) is 6.23. The molecule has 0 aliphatic rings. The Kier molecular flexibility index (Phi) is 3.74. The Morgan fingerprint density at radius 2 is 2.19 bits per heavy atom. The molecule has 84 valence electrons. The Morgan fingerprint density at radius 1 is 1.38 bits per heavy atom. The third-order valence-corrected chi connectivity index (χ3v) is 3.47. The zero-order valence-electron chi connectivity index (χ0n) is 9.13. The maximum atomic E-state index is 8.93. The second-order valence-corrected chi connectivity index (χ2v) is 4.80. The fraction of sp³-hybridized carbons (Fsp3) is 0.333. The van der Waals surface area contributed by atoms with Gasteiger partial charge in [0.25, 0.3) is 0 Å². The molecule has 1 aromatic heterocycles. The maximum absolute atomic E-state index is 8.93. The monoisotopic (exact) mass is 234 g/mol. The van der Waals surface area contributed by atoms with Crippen molar-refractivity contribution < 1.29 is 5.11 Å². The number of aliphatic hydroxyl groups excluding tert-OH is 1. The molecule has 1 unspecified atom stereocenters. The van der Waals surface area contributed by atoms with Crippen LogP contribution in [0.25, 0.3) is 10.9 Å². The van der Waals surface area contributed by atoms with Gasteiger partial charge in [0.05, 0.1) is 5.52 Å². The number of rotatable bonds is 4. The lowest BCUT2D eigenvalue weighted by Crippen LogP contribution is -2.03. The van der Waals surface area contributed by atoms with Gasteiger partial charge in [0.15, 0.2) is 5.16 Å². The summed E-state index contributed by atoms with van der Waals surface area (Å²) < 4.78 is 0. The van der Waals surface area contributed by atoms with Gasteiger partial charge in [-0.25, -0.2) is 9.97 Å². The van der Waals surface area contributed by atoms with Gasteiger partial charge in [0, 0.05) is 23.9 Å². The number of aromatic nitrogens is 2. The van der Waals surface area contributed by atoms with Crippen LogP contribution < -0.4 is 0 Å². The summed E-state index contributed by atoms with van der Waals surface area (Å²) in [5, 5.41) is 10.8. The molecule has 2 aromatic rings. The average Bonchev–Trinajstić information content (AvgIpc) is 2.35. The highest BCUT2D eigenvalue weighted by molar-refractivity contribution is 7.99. The van der Waals surface area contributed by atoms with E-state index in [1.54, 1.807) is 11.8 Å². The van der Waals surface area contributed by atoms with Gasteiger partial charge in [-0.15, -0.1) is 0 Å². The molecule has 1 atom stereocenters. The van der Waals surface area contributed by atoms with Crippen LogP contribution in [-0.4, -0.2) is 27.4 Å². The molecule has 0 aliphatic heterocycles. The Hall–Kier alpha value is -1.13. The van der Waals surface area contributed by atoms with E-state index in [1.165, 1.54) is 0 Å². The van der Waals surface area contributed by atoms with Crippen LogP contribution in [0.5, 0.6) is 0 Å². The summed E-state index contributed by atoms with van der Waals surface area (Å²) in [6.45, 7) is 2.22. The number of nitrogens with zero attached hydrogens (tertiary/aromatic N) is 2. The minimum absolute atomic E-state index is 0.209. The number of fused-ring (bicyclic) bond motifs is 1. The van der Waals surface area contributed by atoms with Crippen LogP contribution in [0.3, 0.4) is 0 Å². The van der Waals surface area contributed by atoms with E-state index >= 15 is 0 Å². The molecule has 16 heavy (non-hydrogen) atoms. The molecule has 0 saturated heterocycles. The van der Waals surface area contributed by atoms with Gasteiger partial charge in [-0.3, -0.25) is 0 Å². The van der Waals surface area contributed by atoms with Crippen molar-refractivity contribution in [2.45, 2.75) is 12.1 Å². The van der Waals surface area contributed by atoms with Crippen molar-refractivity contribution in [3.05, 3.63) is 30.5 Å². The van der Waals surface area contributed by atoms with E-state index in [0.717, 1.165) is 21.8 Å². The van der Waals surface area contributed by atoms with E-state index in [2.05, 4.69) is 9.97 Å². The maximum Gasteiger partial charge on any atom is 0.188 e. The molecule has 0 spiro atoms. The number of hydrogen-bond acceptors (Lipinski definition) is 4. The van der Waals surface area contributed by atoms with E-state index in [9.17, 15) is 0 Å². The van der Waals surface area contributed by atoms with Crippen molar-refractivity contribution in [2.75, 3.05) is 12.4 Å². The molecule has 1 aromatic carbocycles. The molecule has 0 amide bonds. The van der Waals surface area contributed by atoms with Crippen LogP contribution in [0.4, 0.5) is 0 Å². The van der Waals surface area contributed by atoms with Crippen LogP contribution in [0.15, 0.2) is 35.6 Å². The molecular weight excluding hydrogens is 220 g/mol. The van der Waals surface area contributed by atoms with Crippen molar-refractivity contribution in [3.63, 3.8) is 0 Å². The lowest BCUT2D eigenvalue weighted by Gasteiger charge is -2.06. The van der Waals surface area contributed by atoms with Crippen LogP contribution in [0, 0.1) is 5.92 Å². The quantitative estimate of drug-likeness (QED) is 0.651. The van der Waals surface area contributed by atoms with Crippen LogP contribution in [0.1, 0.15) is 6.92 Å². The zero-order chi connectivity index (χ0) is 11.4. The van der Waals surface area contributed by atoms with E-state index in [1.807, 2.05) is 37.4 Å². The number of para-hydroxylation sites is 1. The molecule has 0 aliphatic carbocycles. The third-order valence-electron chi connectivity index (χ3n) is 2.28. The van der Waals surface area contributed by atoms with Crippen LogP contribution in [-0.2, 0) is 0 Å². The van der Waals surface area contributed by atoms with Crippen LogP contribution >= 0.6 is 11.8 Å². The van der Waals surface area contributed by atoms with Crippen molar-refractivity contribution in [3.8, 4) is 0 Å². The molecule has 1 heterocycles. The van der Waals surface area contributed by atoms with Gasteiger partial charge >= 0.3 is 0 Å². The smallest absolute Gasteiger partial charge is 0.188 e.